The maximum Gasteiger partial charge on any atom is 0.171 e. The summed E-state index contributed by atoms with van der Waals surface area (Å²) in [6, 6.07) is 0. The molecule has 0 N–H and O–H groups in total. The Balaban J connectivity index is 1.73. The molecule has 3 aliphatic carbocycles. The number of ether oxygens (including phenoxy) is 2. The van der Waals surface area contributed by atoms with Gasteiger partial charge in [-0.05, 0) is 62.4 Å². The summed E-state index contributed by atoms with van der Waals surface area (Å²) in [5, 5.41) is 0. The van der Waals surface area contributed by atoms with Crippen LogP contribution in [0.1, 0.15) is 65.7 Å². The zero-order valence-electron chi connectivity index (χ0n) is 14.9. The molecule has 1 heterocycles. The van der Waals surface area contributed by atoms with Crippen molar-refractivity contribution >= 4 is 0 Å². The molecule has 1 saturated heterocycles. The Morgan fingerprint density at radius 1 is 1.13 bits per heavy atom. The zero-order valence-corrected chi connectivity index (χ0v) is 14.9. The van der Waals surface area contributed by atoms with Crippen molar-refractivity contribution in [3.05, 3.63) is 11.6 Å². The van der Waals surface area contributed by atoms with Gasteiger partial charge in [0.05, 0.1) is 18.6 Å². The first kappa shape index (κ1) is 15.7. The van der Waals surface area contributed by atoms with Crippen LogP contribution in [-0.4, -0.2) is 19.0 Å². The minimum Gasteiger partial charge on any atom is -0.347 e. The van der Waals surface area contributed by atoms with Crippen molar-refractivity contribution in [1.29, 1.82) is 0 Å². The van der Waals surface area contributed by atoms with E-state index >= 15 is 0 Å². The smallest absolute Gasteiger partial charge is 0.171 e. The van der Waals surface area contributed by atoms with Crippen LogP contribution in [0.25, 0.3) is 0 Å². The second kappa shape index (κ2) is 5.36. The van der Waals surface area contributed by atoms with Gasteiger partial charge in [0.1, 0.15) is 0 Å². The standard InChI is InChI=1S/C21H30O2/c1-4-9-20-10-6-5-7-18(20)19(3)12-13-21(22-14-15-23-21)16(2)17(19)8-11-20/h7,16-17H,5-6,8,10-15H2,1-3H3/t16-,17?,19+,20-/m1/s1. The molecule has 1 aliphatic heterocycles. The molecular formula is C21H30O2. The van der Waals surface area contributed by atoms with Gasteiger partial charge >= 0.3 is 0 Å². The molecule has 1 unspecified atom stereocenters. The third-order valence-corrected chi connectivity index (χ3v) is 7.42. The van der Waals surface area contributed by atoms with Crippen LogP contribution in [0.2, 0.25) is 0 Å². The highest BCUT2D eigenvalue weighted by Gasteiger charge is 2.60. The molecule has 0 radical (unpaired) electrons. The predicted molar refractivity (Wildman–Crippen MR) is 91.7 cm³/mol. The summed E-state index contributed by atoms with van der Waals surface area (Å²) < 4.78 is 12.3. The van der Waals surface area contributed by atoms with E-state index < -0.39 is 0 Å². The van der Waals surface area contributed by atoms with Gasteiger partial charge in [0.2, 0.25) is 0 Å². The molecule has 4 rings (SSSR count). The van der Waals surface area contributed by atoms with E-state index in [9.17, 15) is 0 Å². The summed E-state index contributed by atoms with van der Waals surface area (Å²) >= 11 is 0. The van der Waals surface area contributed by atoms with E-state index in [0.29, 0.717) is 11.8 Å². The second-order valence-electron chi connectivity index (χ2n) is 8.33. The zero-order chi connectivity index (χ0) is 16.1. The molecular weight excluding hydrogens is 284 g/mol. The van der Waals surface area contributed by atoms with Crippen molar-refractivity contribution in [2.45, 2.75) is 71.5 Å². The monoisotopic (exact) mass is 314 g/mol. The first-order chi connectivity index (χ1) is 11.1. The van der Waals surface area contributed by atoms with Gasteiger partial charge in [0.25, 0.3) is 0 Å². The van der Waals surface area contributed by atoms with Gasteiger partial charge in [0.15, 0.2) is 5.79 Å². The van der Waals surface area contributed by atoms with Crippen LogP contribution < -0.4 is 0 Å². The van der Waals surface area contributed by atoms with Crippen molar-refractivity contribution in [2.75, 3.05) is 13.2 Å². The lowest BCUT2D eigenvalue weighted by atomic mass is 9.46. The second-order valence-corrected chi connectivity index (χ2v) is 8.33. The number of rotatable bonds is 0. The summed E-state index contributed by atoms with van der Waals surface area (Å²) in [6.45, 7) is 8.42. The summed E-state index contributed by atoms with van der Waals surface area (Å²) in [5.74, 6) is 7.75. The van der Waals surface area contributed by atoms with Crippen molar-refractivity contribution in [1.82, 2.24) is 0 Å². The van der Waals surface area contributed by atoms with Gasteiger partial charge in [-0.25, -0.2) is 0 Å². The van der Waals surface area contributed by atoms with Crippen LogP contribution in [0.5, 0.6) is 0 Å². The molecule has 2 heteroatoms. The molecule has 0 aromatic heterocycles. The van der Waals surface area contributed by atoms with Gasteiger partial charge in [-0.3, -0.25) is 0 Å². The van der Waals surface area contributed by atoms with Crippen LogP contribution in [0.4, 0.5) is 0 Å². The summed E-state index contributed by atoms with van der Waals surface area (Å²) in [4.78, 5) is 0. The maximum absolute atomic E-state index is 6.13. The van der Waals surface area contributed by atoms with Crippen LogP contribution in [0.3, 0.4) is 0 Å². The molecule has 4 aliphatic rings. The highest BCUT2D eigenvalue weighted by molar-refractivity contribution is 5.38. The molecule has 126 valence electrons. The van der Waals surface area contributed by atoms with Crippen LogP contribution >= 0.6 is 0 Å². The third-order valence-electron chi connectivity index (χ3n) is 7.42. The van der Waals surface area contributed by atoms with Crippen molar-refractivity contribution in [2.24, 2.45) is 22.7 Å². The van der Waals surface area contributed by atoms with Crippen molar-refractivity contribution < 1.29 is 9.47 Å². The van der Waals surface area contributed by atoms with Gasteiger partial charge in [-0.2, -0.15) is 0 Å². The van der Waals surface area contributed by atoms with E-state index in [1.807, 2.05) is 6.92 Å². The topological polar surface area (TPSA) is 18.5 Å². The third kappa shape index (κ3) is 2.09. The Labute approximate surface area is 141 Å². The number of hydrogen-bond acceptors (Lipinski definition) is 2. The van der Waals surface area contributed by atoms with Crippen LogP contribution in [-0.2, 0) is 9.47 Å². The van der Waals surface area contributed by atoms with E-state index in [2.05, 4.69) is 31.8 Å². The molecule has 4 atom stereocenters. The van der Waals surface area contributed by atoms with Crippen molar-refractivity contribution in [3.8, 4) is 11.8 Å². The molecule has 2 saturated carbocycles. The summed E-state index contributed by atoms with van der Waals surface area (Å²) in [5.41, 5.74) is 2.11. The Bertz CT molecular complexity index is 574. The molecule has 0 aromatic carbocycles. The normalized spacial score (nSPS) is 44.7. The minimum absolute atomic E-state index is 0.167. The fourth-order valence-electron chi connectivity index (χ4n) is 6.34. The average molecular weight is 314 g/mol. The fourth-order valence-corrected chi connectivity index (χ4v) is 6.34. The molecule has 2 nitrogen and oxygen atoms in total. The van der Waals surface area contributed by atoms with Gasteiger partial charge < -0.3 is 9.47 Å². The Morgan fingerprint density at radius 2 is 1.91 bits per heavy atom. The largest absolute Gasteiger partial charge is 0.347 e. The van der Waals surface area contributed by atoms with E-state index in [-0.39, 0.29) is 16.6 Å². The molecule has 1 spiro atoms. The Kier molecular flexibility index (Phi) is 3.67. The summed E-state index contributed by atoms with van der Waals surface area (Å²) in [7, 11) is 0. The van der Waals surface area contributed by atoms with Crippen LogP contribution in [0, 0.1) is 34.5 Å². The van der Waals surface area contributed by atoms with E-state index in [0.717, 1.165) is 19.6 Å². The first-order valence-corrected chi connectivity index (χ1v) is 9.49. The first-order valence-electron chi connectivity index (χ1n) is 9.49. The highest BCUT2D eigenvalue weighted by atomic mass is 16.7. The van der Waals surface area contributed by atoms with Crippen molar-refractivity contribution in [3.63, 3.8) is 0 Å². The lowest BCUT2D eigenvalue weighted by molar-refractivity contribution is -0.243. The molecule has 0 bridgehead atoms. The Morgan fingerprint density at radius 3 is 2.65 bits per heavy atom. The lowest BCUT2D eigenvalue weighted by Crippen LogP contribution is -2.56. The molecule has 3 fully saturated rings. The minimum atomic E-state index is -0.296. The quantitative estimate of drug-likeness (QED) is 0.477. The van der Waals surface area contributed by atoms with E-state index in [1.54, 1.807) is 5.57 Å². The number of allylic oxidation sites excluding steroid dienone is 2. The molecule has 0 aromatic rings. The van der Waals surface area contributed by atoms with E-state index in [1.165, 1.54) is 38.5 Å². The average Bonchev–Trinajstić information content (AvgIpc) is 3.02. The predicted octanol–water partition coefficient (Wildman–Crippen LogP) is 4.70. The van der Waals surface area contributed by atoms with Gasteiger partial charge in [-0.1, -0.05) is 25.8 Å². The summed E-state index contributed by atoms with van der Waals surface area (Å²) in [6.07, 6.45) is 11.0. The highest BCUT2D eigenvalue weighted by Crippen LogP contribution is 2.65. The van der Waals surface area contributed by atoms with E-state index in [4.69, 9.17) is 9.47 Å². The lowest BCUT2D eigenvalue weighted by Gasteiger charge is -2.60. The van der Waals surface area contributed by atoms with Gasteiger partial charge in [-0.15, -0.1) is 5.92 Å². The number of fused-ring (bicyclic) bond motifs is 3. The van der Waals surface area contributed by atoms with Gasteiger partial charge in [0, 0.05) is 12.3 Å². The Hall–Kier alpha value is -0.780. The fraction of sp³-hybridized carbons (Fsp3) is 0.810. The maximum atomic E-state index is 6.13. The molecule has 0 amide bonds. The molecule has 23 heavy (non-hydrogen) atoms. The SMILES string of the molecule is CC#C[C@]12CCCC=C1[C@@]1(C)CCC3(OCCO3)[C@H](C)C1CC2. The number of hydrogen-bond donors (Lipinski definition) is 0. The van der Waals surface area contributed by atoms with Crippen LogP contribution in [0.15, 0.2) is 11.6 Å².